The molecule has 2 aromatic heterocycles. The van der Waals surface area contributed by atoms with Crippen LogP contribution in [0.2, 0.25) is 0 Å². The van der Waals surface area contributed by atoms with Gasteiger partial charge in [-0.25, -0.2) is 4.79 Å². The number of aromatic nitrogens is 2. The number of hydrogen-bond donors (Lipinski definition) is 2. The van der Waals surface area contributed by atoms with E-state index >= 15 is 0 Å². The summed E-state index contributed by atoms with van der Waals surface area (Å²) >= 11 is 0. The molecule has 2 amide bonds. The highest BCUT2D eigenvalue weighted by molar-refractivity contribution is 6.08. The van der Waals surface area contributed by atoms with Crippen LogP contribution in [0.15, 0.2) is 55.6 Å². The summed E-state index contributed by atoms with van der Waals surface area (Å²) in [5.74, 6) is 0. The number of unbranched alkanes of at least 4 members (excludes halogenated alkanes) is 13. The van der Waals surface area contributed by atoms with E-state index in [1.165, 1.54) is 66.9 Å². The fraction of sp³-hybridized carbons (Fsp3) is 0.525. The molecule has 9 nitrogen and oxygen atoms in total. The first-order valence-electron chi connectivity index (χ1n) is 18.6. The van der Waals surface area contributed by atoms with Gasteiger partial charge in [0.25, 0.3) is 22.2 Å². The quantitative estimate of drug-likeness (QED) is 0.0661. The number of carbonyl (C=O) groups is 1. The molecule has 9 heteroatoms. The number of rotatable bonds is 20. The molecule has 0 fully saturated rings. The molecule has 0 saturated heterocycles. The topological polar surface area (TPSA) is 119 Å². The van der Waals surface area contributed by atoms with Crippen LogP contribution in [-0.4, -0.2) is 28.3 Å². The highest BCUT2D eigenvalue weighted by Gasteiger charge is 2.17. The Morgan fingerprint density at radius 2 is 0.796 bits per heavy atom. The summed E-state index contributed by atoms with van der Waals surface area (Å²) < 4.78 is 2.55. The smallest absolute Gasteiger partial charge is 0.314 e. The maximum absolute atomic E-state index is 13.3. The third kappa shape index (κ3) is 8.67. The van der Waals surface area contributed by atoms with Gasteiger partial charge in [0.05, 0.1) is 21.5 Å². The number of nitrogens with zero attached hydrogens (tertiary/aromatic N) is 2. The zero-order valence-electron chi connectivity index (χ0n) is 29.3. The molecule has 0 spiro atoms. The molecule has 262 valence electrons. The van der Waals surface area contributed by atoms with Crippen LogP contribution in [0.3, 0.4) is 0 Å². The van der Waals surface area contributed by atoms with E-state index in [0.29, 0.717) is 34.6 Å². The van der Waals surface area contributed by atoms with E-state index in [-0.39, 0.29) is 30.2 Å². The van der Waals surface area contributed by atoms with E-state index in [1.54, 1.807) is 24.3 Å². The minimum atomic E-state index is -0.391. The predicted octanol–water partition coefficient (Wildman–Crippen LogP) is 7.41. The first-order chi connectivity index (χ1) is 23.8. The summed E-state index contributed by atoms with van der Waals surface area (Å²) in [7, 11) is 0. The number of benzene rings is 3. The molecule has 0 unspecified atom stereocenters. The Morgan fingerprint density at radius 3 is 1.22 bits per heavy atom. The molecule has 0 saturated carbocycles. The minimum absolute atomic E-state index is 0.0706. The van der Waals surface area contributed by atoms with Gasteiger partial charge in [0, 0.05) is 26.2 Å². The third-order valence-corrected chi connectivity index (χ3v) is 9.89. The number of fused-ring (bicyclic) bond motifs is 4. The van der Waals surface area contributed by atoms with Crippen molar-refractivity contribution in [2.75, 3.05) is 13.1 Å². The van der Waals surface area contributed by atoms with Gasteiger partial charge in [-0.2, -0.15) is 0 Å². The van der Waals surface area contributed by atoms with Crippen LogP contribution in [0.25, 0.3) is 43.1 Å². The molecule has 0 aliphatic rings. The van der Waals surface area contributed by atoms with Gasteiger partial charge in [-0.15, -0.1) is 0 Å². The van der Waals surface area contributed by atoms with E-state index < -0.39 is 11.1 Å². The Balaban J connectivity index is 1.25. The van der Waals surface area contributed by atoms with Crippen LogP contribution >= 0.6 is 0 Å². The lowest BCUT2D eigenvalue weighted by Crippen LogP contribution is -2.39. The number of amides is 2. The lowest BCUT2D eigenvalue weighted by molar-refractivity contribution is 0.240. The zero-order chi connectivity index (χ0) is 34.8. The van der Waals surface area contributed by atoms with Gasteiger partial charge in [0.15, 0.2) is 0 Å². The van der Waals surface area contributed by atoms with Crippen LogP contribution in [0.1, 0.15) is 110 Å². The van der Waals surface area contributed by atoms with Crippen LogP contribution in [0, 0.1) is 0 Å². The molecule has 49 heavy (non-hydrogen) atoms. The third-order valence-electron chi connectivity index (χ3n) is 9.89. The summed E-state index contributed by atoms with van der Waals surface area (Å²) in [5, 5.41) is 10.2. The fourth-order valence-corrected chi connectivity index (χ4v) is 7.01. The summed E-state index contributed by atoms with van der Waals surface area (Å²) in [6.07, 6.45) is 17.4. The molecule has 5 rings (SSSR count). The summed E-state index contributed by atoms with van der Waals surface area (Å²) in [4.78, 5) is 65.2. The molecular formula is C40H52N4O5. The lowest BCUT2D eigenvalue weighted by atomic mass is 10.00. The van der Waals surface area contributed by atoms with Gasteiger partial charge < -0.3 is 10.6 Å². The van der Waals surface area contributed by atoms with Crippen molar-refractivity contribution in [1.29, 1.82) is 0 Å². The van der Waals surface area contributed by atoms with Gasteiger partial charge in [0.2, 0.25) is 0 Å². The predicted molar refractivity (Wildman–Crippen MR) is 202 cm³/mol. The van der Waals surface area contributed by atoms with E-state index in [9.17, 15) is 24.0 Å². The molecule has 0 atom stereocenters. The van der Waals surface area contributed by atoms with Crippen LogP contribution in [0.4, 0.5) is 4.79 Å². The average molecular weight is 669 g/mol. The highest BCUT2D eigenvalue weighted by Crippen LogP contribution is 2.28. The SMILES string of the molecule is CCCCCCCCCCCCn1c(=O)c2cc3cc4cc5c(=O)n(CCNC(=O)NCCCCCCC)c(=O)c5cc4cc3cc2c1=O. The largest absolute Gasteiger partial charge is 0.338 e. The number of urea groups is 1. The van der Waals surface area contributed by atoms with E-state index in [0.717, 1.165) is 60.1 Å². The molecule has 0 aliphatic heterocycles. The van der Waals surface area contributed by atoms with Crippen molar-refractivity contribution in [2.24, 2.45) is 0 Å². The molecule has 3 aromatic carbocycles. The first-order valence-corrected chi connectivity index (χ1v) is 18.6. The molecule has 0 bridgehead atoms. The molecular weight excluding hydrogens is 616 g/mol. The summed E-state index contributed by atoms with van der Waals surface area (Å²) in [5.41, 5.74) is -1.29. The van der Waals surface area contributed by atoms with Crippen molar-refractivity contribution < 1.29 is 4.79 Å². The fourth-order valence-electron chi connectivity index (χ4n) is 7.01. The zero-order valence-corrected chi connectivity index (χ0v) is 29.3. The number of nitrogens with one attached hydrogen (secondary N) is 2. The van der Waals surface area contributed by atoms with Gasteiger partial charge in [-0.3, -0.25) is 28.3 Å². The second-order valence-corrected chi connectivity index (χ2v) is 13.6. The number of carbonyl (C=O) groups excluding carboxylic acids is 1. The van der Waals surface area contributed by atoms with E-state index in [1.807, 2.05) is 12.1 Å². The van der Waals surface area contributed by atoms with Gasteiger partial charge in [-0.05, 0) is 70.8 Å². The maximum Gasteiger partial charge on any atom is 0.314 e. The Morgan fingerprint density at radius 1 is 0.449 bits per heavy atom. The molecule has 0 radical (unpaired) electrons. The van der Waals surface area contributed by atoms with Crippen molar-refractivity contribution in [3.8, 4) is 0 Å². The maximum atomic E-state index is 13.3. The van der Waals surface area contributed by atoms with Crippen molar-refractivity contribution in [2.45, 2.75) is 123 Å². The van der Waals surface area contributed by atoms with Gasteiger partial charge in [-0.1, -0.05) is 97.3 Å². The summed E-state index contributed by atoms with van der Waals surface area (Å²) in [6, 6.07) is 10.5. The molecule has 5 aromatic rings. The average Bonchev–Trinajstić information content (AvgIpc) is 3.46. The van der Waals surface area contributed by atoms with Crippen molar-refractivity contribution in [1.82, 2.24) is 19.8 Å². The molecule has 0 aliphatic carbocycles. The van der Waals surface area contributed by atoms with Crippen molar-refractivity contribution in [3.05, 3.63) is 77.8 Å². The first kappa shape index (κ1) is 36.0. The second-order valence-electron chi connectivity index (χ2n) is 13.6. The molecule has 2 N–H and O–H groups in total. The number of hydrogen-bond acceptors (Lipinski definition) is 5. The highest BCUT2D eigenvalue weighted by atomic mass is 16.2. The summed E-state index contributed by atoms with van der Waals surface area (Å²) in [6.45, 7) is 5.63. The van der Waals surface area contributed by atoms with E-state index in [4.69, 9.17) is 0 Å². The Kier molecular flexibility index (Phi) is 12.8. The van der Waals surface area contributed by atoms with Gasteiger partial charge in [0.1, 0.15) is 0 Å². The monoisotopic (exact) mass is 668 g/mol. The Labute approximate surface area is 287 Å². The standard InChI is InChI=1S/C40H52N4O5/c1-3-5-7-9-10-11-12-13-15-17-20-43-36(45)32-24-28-22-30-26-34-35(27-31(30)23-29(28)25-33(32)37(43)46)39(48)44(38(34)47)21-19-42-40(49)41-18-16-14-8-6-4-2/h22-27H,3-21H2,1-2H3,(H2,41,42,49). The normalized spacial score (nSPS) is 11.8. The van der Waals surface area contributed by atoms with Crippen LogP contribution < -0.4 is 32.9 Å². The van der Waals surface area contributed by atoms with Crippen LogP contribution in [0.5, 0.6) is 0 Å². The molecule has 2 heterocycles. The minimum Gasteiger partial charge on any atom is -0.338 e. The second kappa shape index (κ2) is 17.4. The Hall–Kier alpha value is -4.27. The van der Waals surface area contributed by atoms with E-state index in [2.05, 4.69) is 24.5 Å². The Bertz CT molecular complexity index is 1980. The van der Waals surface area contributed by atoms with Crippen molar-refractivity contribution in [3.63, 3.8) is 0 Å². The lowest BCUT2D eigenvalue weighted by Gasteiger charge is -2.07. The van der Waals surface area contributed by atoms with Crippen molar-refractivity contribution >= 4 is 49.1 Å². The van der Waals surface area contributed by atoms with Gasteiger partial charge >= 0.3 is 6.03 Å². The van der Waals surface area contributed by atoms with Crippen LogP contribution in [-0.2, 0) is 13.1 Å².